The van der Waals surface area contributed by atoms with Crippen LogP contribution in [0.4, 0.5) is 5.69 Å². The number of carbonyl (C=O) groups excluding carboxylic acids is 1. The van der Waals surface area contributed by atoms with Crippen LogP contribution in [0.15, 0.2) is 54.6 Å². The molecule has 0 spiro atoms. The molecule has 31 heavy (non-hydrogen) atoms. The Bertz CT molecular complexity index is 955. The Balaban J connectivity index is 2.06. The first-order valence-corrected chi connectivity index (χ1v) is 12.3. The van der Waals surface area contributed by atoms with Gasteiger partial charge in [-0.3, -0.25) is 9.10 Å². The number of sulfonamides is 1. The van der Waals surface area contributed by atoms with Crippen molar-refractivity contribution in [2.75, 3.05) is 17.1 Å². The second-order valence-corrected chi connectivity index (χ2v) is 10.8. The molecule has 1 unspecified atom stereocenters. The molecule has 7 heteroatoms. The Morgan fingerprint density at radius 1 is 1.03 bits per heavy atom. The van der Waals surface area contributed by atoms with Crippen molar-refractivity contribution < 1.29 is 17.9 Å². The van der Waals surface area contributed by atoms with Crippen LogP contribution < -0.4 is 14.4 Å². The molecule has 2 aromatic carbocycles. The molecule has 6 nitrogen and oxygen atoms in total. The topological polar surface area (TPSA) is 75.7 Å². The van der Waals surface area contributed by atoms with Crippen LogP contribution in [-0.4, -0.2) is 39.3 Å². The van der Waals surface area contributed by atoms with E-state index in [1.165, 1.54) is 5.56 Å². The molecule has 0 bridgehead atoms. The first-order chi connectivity index (χ1) is 14.4. The molecule has 0 saturated heterocycles. The summed E-state index contributed by atoms with van der Waals surface area (Å²) >= 11 is 0. The van der Waals surface area contributed by atoms with Crippen molar-refractivity contribution in [2.24, 2.45) is 0 Å². The summed E-state index contributed by atoms with van der Waals surface area (Å²) in [6.07, 6.45) is 1.84. The monoisotopic (exact) mass is 446 g/mol. The molecule has 170 valence electrons. The Labute approximate surface area is 186 Å². The van der Waals surface area contributed by atoms with Gasteiger partial charge in [-0.2, -0.15) is 0 Å². The maximum absolute atomic E-state index is 12.7. The average molecular weight is 447 g/mol. The van der Waals surface area contributed by atoms with E-state index in [2.05, 4.69) is 31.3 Å². The molecule has 1 N–H and O–H groups in total. The third kappa shape index (κ3) is 7.58. The second kappa shape index (κ2) is 10.2. The van der Waals surface area contributed by atoms with Gasteiger partial charge in [0.2, 0.25) is 15.9 Å². The number of nitrogens with one attached hydrogen (secondary N) is 1. The van der Waals surface area contributed by atoms with E-state index in [1.807, 2.05) is 39.0 Å². The predicted molar refractivity (Wildman–Crippen MR) is 126 cm³/mol. The van der Waals surface area contributed by atoms with Crippen molar-refractivity contribution >= 4 is 21.6 Å². The third-order valence-electron chi connectivity index (χ3n) is 4.96. The van der Waals surface area contributed by atoms with Crippen molar-refractivity contribution in [3.63, 3.8) is 0 Å². The summed E-state index contributed by atoms with van der Waals surface area (Å²) in [6.45, 7) is 9.76. The molecule has 0 aliphatic rings. The van der Waals surface area contributed by atoms with E-state index in [0.29, 0.717) is 11.4 Å². The molecule has 1 amide bonds. The van der Waals surface area contributed by atoms with Crippen LogP contribution in [0.25, 0.3) is 0 Å². The Kier molecular flexibility index (Phi) is 8.12. The van der Waals surface area contributed by atoms with E-state index in [9.17, 15) is 13.2 Å². The number of anilines is 1. The number of hydrogen-bond acceptors (Lipinski definition) is 4. The Morgan fingerprint density at radius 2 is 1.61 bits per heavy atom. The fourth-order valence-corrected chi connectivity index (χ4v) is 4.49. The fourth-order valence-electron chi connectivity index (χ4n) is 3.64. The van der Waals surface area contributed by atoms with Gasteiger partial charge in [0.05, 0.1) is 18.0 Å². The van der Waals surface area contributed by atoms with E-state index in [0.717, 1.165) is 17.0 Å². The molecule has 0 heterocycles. The maximum atomic E-state index is 12.7. The second-order valence-electron chi connectivity index (χ2n) is 8.85. The normalized spacial score (nSPS) is 13.0. The number of nitrogens with zero attached hydrogens (tertiary/aromatic N) is 1. The summed E-state index contributed by atoms with van der Waals surface area (Å²) in [5.74, 6) is 0.303. The summed E-state index contributed by atoms with van der Waals surface area (Å²) in [5, 5.41) is 2.95. The minimum Gasteiger partial charge on any atom is -0.491 e. The van der Waals surface area contributed by atoms with Crippen molar-refractivity contribution in [3.05, 3.63) is 60.2 Å². The lowest BCUT2D eigenvalue weighted by atomic mass is 9.79. The number of benzene rings is 2. The highest BCUT2D eigenvalue weighted by molar-refractivity contribution is 7.92. The van der Waals surface area contributed by atoms with Crippen molar-refractivity contribution in [1.29, 1.82) is 0 Å². The van der Waals surface area contributed by atoms with Crippen molar-refractivity contribution in [3.8, 4) is 5.75 Å². The first kappa shape index (κ1) is 24.7. The summed E-state index contributed by atoms with van der Waals surface area (Å²) in [6, 6.07) is 16.7. The zero-order valence-electron chi connectivity index (χ0n) is 19.3. The summed E-state index contributed by atoms with van der Waals surface area (Å²) < 4.78 is 31.4. The van der Waals surface area contributed by atoms with Crippen LogP contribution in [0.3, 0.4) is 0 Å². The lowest BCUT2D eigenvalue weighted by molar-refractivity contribution is -0.120. The van der Waals surface area contributed by atoms with Crippen molar-refractivity contribution in [1.82, 2.24) is 5.32 Å². The quantitative estimate of drug-likeness (QED) is 0.596. The van der Waals surface area contributed by atoms with Gasteiger partial charge in [0.15, 0.2) is 0 Å². The fraction of sp³-hybridized carbons (Fsp3) is 0.458. The molecule has 2 rings (SSSR count). The van der Waals surface area contributed by atoms with Gasteiger partial charge in [0.1, 0.15) is 12.3 Å². The van der Waals surface area contributed by atoms with Crippen LogP contribution >= 0.6 is 0 Å². The van der Waals surface area contributed by atoms with Crippen LogP contribution in [0.5, 0.6) is 5.75 Å². The molecule has 1 atom stereocenters. The van der Waals surface area contributed by atoms with E-state index < -0.39 is 10.0 Å². The Morgan fingerprint density at radius 3 is 2.13 bits per heavy atom. The highest BCUT2D eigenvalue weighted by Gasteiger charge is 2.26. The first-order valence-electron chi connectivity index (χ1n) is 10.5. The lowest BCUT2D eigenvalue weighted by Gasteiger charge is -2.30. The zero-order valence-corrected chi connectivity index (χ0v) is 20.1. The van der Waals surface area contributed by atoms with E-state index in [4.69, 9.17) is 4.74 Å². The molecule has 0 aliphatic heterocycles. The van der Waals surface area contributed by atoms with Crippen molar-refractivity contribution in [2.45, 2.75) is 58.6 Å². The zero-order chi connectivity index (χ0) is 23.2. The van der Waals surface area contributed by atoms with Gasteiger partial charge in [-0.1, -0.05) is 44.2 Å². The van der Waals surface area contributed by atoms with Crippen LogP contribution in [0, 0.1) is 0 Å². The van der Waals surface area contributed by atoms with Crippen LogP contribution in [0.1, 0.15) is 46.6 Å². The van der Waals surface area contributed by atoms with Gasteiger partial charge in [-0.05, 0) is 62.4 Å². The molecular weight excluding hydrogens is 412 g/mol. The van der Waals surface area contributed by atoms with Gasteiger partial charge in [-0.15, -0.1) is 0 Å². The highest BCUT2D eigenvalue weighted by atomic mass is 32.2. The molecule has 0 fully saturated rings. The minimum atomic E-state index is -3.63. The number of ether oxygens (including phenoxy) is 1. The maximum Gasteiger partial charge on any atom is 0.240 e. The molecule has 0 radical (unpaired) electrons. The van der Waals surface area contributed by atoms with E-state index in [-0.39, 0.29) is 30.0 Å². The number of carbonyl (C=O) groups is 1. The SMILES string of the molecule is CC(CC(C)(C)c1ccccc1)NC(=O)CN(c1ccc(OC(C)C)cc1)S(C)(=O)=O. The molecule has 0 saturated carbocycles. The standard InChI is InChI=1S/C24H34N2O4S/c1-18(2)30-22-14-12-21(13-15-22)26(31(6,28)29)17-23(27)25-19(3)16-24(4,5)20-10-8-7-9-11-20/h7-15,18-19H,16-17H2,1-6H3,(H,25,27). The number of hydrogen-bond donors (Lipinski definition) is 1. The largest absolute Gasteiger partial charge is 0.491 e. The molecule has 2 aromatic rings. The highest BCUT2D eigenvalue weighted by Crippen LogP contribution is 2.28. The smallest absolute Gasteiger partial charge is 0.240 e. The summed E-state index contributed by atoms with van der Waals surface area (Å²) in [5.41, 5.74) is 1.49. The Hall–Kier alpha value is -2.54. The average Bonchev–Trinajstić information content (AvgIpc) is 2.66. The summed E-state index contributed by atoms with van der Waals surface area (Å²) in [4.78, 5) is 12.7. The summed E-state index contributed by atoms with van der Waals surface area (Å²) in [7, 11) is -3.63. The van der Waals surface area contributed by atoms with Gasteiger partial charge in [-0.25, -0.2) is 8.42 Å². The number of rotatable bonds is 10. The minimum absolute atomic E-state index is 0.0178. The molecule has 0 aliphatic carbocycles. The van der Waals surface area contributed by atoms with Gasteiger partial charge in [0.25, 0.3) is 0 Å². The van der Waals surface area contributed by atoms with Crippen LogP contribution in [-0.2, 0) is 20.2 Å². The van der Waals surface area contributed by atoms with Gasteiger partial charge < -0.3 is 10.1 Å². The van der Waals surface area contributed by atoms with E-state index in [1.54, 1.807) is 24.3 Å². The predicted octanol–water partition coefficient (Wildman–Crippen LogP) is 4.11. The molecular formula is C24H34N2O4S. The third-order valence-corrected chi connectivity index (χ3v) is 6.10. The molecule has 0 aromatic heterocycles. The number of amides is 1. The van der Waals surface area contributed by atoms with Crippen LogP contribution in [0.2, 0.25) is 0 Å². The lowest BCUT2D eigenvalue weighted by Crippen LogP contribution is -2.44. The van der Waals surface area contributed by atoms with Gasteiger partial charge in [0, 0.05) is 6.04 Å². The van der Waals surface area contributed by atoms with E-state index >= 15 is 0 Å². The van der Waals surface area contributed by atoms with Gasteiger partial charge >= 0.3 is 0 Å².